The predicted molar refractivity (Wildman–Crippen MR) is 143 cm³/mol. The van der Waals surface area contributed by atoms with Gasteiger partial charge in [0, 0.05) is 31.5 Å². The van der Waals surface area contributed by atoms with Gasteiger partial charge in [-0.1, -0.05) is 48.5 Å². The van der Waals surface area contributed by atoms with E-state index < -0.39 is 29.8 Å². The van der Waals surface area contributed by atoms with Crippen molar-refractivity contribution in [1.29, 1.82) is 0 Å². The quantitative estimate of drug-likeness (QED) is 0.465. The molecular formula is C29H35N3O7. The Kier molecular flexibility index (Phi) is 8.42. The first-order valence-electron chi connectivity index (χ1n) is 13.1. The minimum atomic E-state index is -1.28. The first-order chi connectivity index (χ1) is 18.5. The third-order valence-corrected chi connectivity index (χ3v) is 6.80. The Morgan fingerprint density at radius 1 is 1.03 bits per heavy atom. The minimum absolute atomic E-state index is 0.0580. The van der Waals surface area contributed by atoms with E-state index in [4.69, 9.17) is 9.47 Å². The van der Waals surface area contributed by atoms with Crippen molar-refractivity contribution in [3.8, 4) is 11.1 Å². The molecule has 10 nitrogen and oxygen atoms in total. The summed E-state index contributed by atoms with van der Waals surface area (Å²) in [6.07, 6.45) is -0.922. The number of hydrogen-bond acceptors (Lipinski definition) is 6. The molecule has 0 aromatic heterocycles. The molecule has 2 aromatic carbocycles. The monoisotopic (exact) mass is 537 g/mol. The fraction of sp³-hybridized carbons (Fsp3) is 0.448. The number of ether oxygens (including phenoxy) is 2. The number of nitrogens with one attached hydrogen (secondary N) is 2. The molecule has 0 spiro atoms. The van der Waals surface area contributed by atoms with Gasteiger partial charge in [0.15, 0.2) is 0 Å². The number of fused-ring (bicyclic) bond motifs is 3. The number of benzene rings is 2. The lowest BCUT2D eigenvalue weighted by atomic mass is 9.98. The van der Waals surface area contributed by atoms with Crippen molar-refractivity contribution in [2.24, 2.45) is 0 Å². The molecule has 1 aliphatic heterocycles. The van der Waals surface area contributed by atoms with Crippen LogP contribution in [0.5, 0.6) is 0 Å². The lowest BCUT2D eigenvalue weighted by molar-refractivity contribution is -0.139. The van der Waals surface area contributed by atoms with Crippen molar-refractivity contribution in [3.63, 3.8) is 0 Å². The Morgan fingerprint density at radius 3 is 2.23 bits per heavy atom. The van der Waals surface area contributed by atoms with Gasteiger partial charge in [-0.15, -0.1) is 0 Å². The van der Waals surface area contributed by atoms with E-state index in [1.807, 2.05) is 48.5 Å². The molecule has 3 N–H and O–H groups in total. The van der Waals surface area contributed by atoms with E-state index in [1.54, 1.807) is 20.8 Å². The maximum atomic E-state index is 12.5. The van der Waals surface area contributed by atoms with Crippen molar-refractivity contribution in [2.75, 3.05) is 19.7 Å². The summed E-state index contributed by atoms with van der Waals surface area (Å²) in [5.41, 5.74) is 3.68. The highest BCUT2D eigenvalue weighted by atomic mass is 16.6. The second-order valence-electron chi connectivity index (χ2n) is 10.9. The van der Waals surface area contributed by atoms with Gasteiger partial charge in [0.05, 0.1) is 0 Å². The third kappa shape index (κ3) is 7.07. The molecule has 3 amide bonds. The lowest BCUT2D eigenvalue weighted by Gasteiger charge is -2.24. The molecule has 1 heterocycles. The van der Waals surface area contributed by atoms with Crippen LogP contribution in [0.2, 0.25) is 0 Å². The molecule has 0 bridgehead atoms. The van der Waals surface area contributed by atoms with Gasteiger partial charge in [0.2, 0.25) is 5.91 Å². The van der Waals surface area contributed by atoms with Crippen molar-refractivity contribution in [2.45, 2.75) is 63.6 Å². The molecule has 0 unspecified atom stereocenters. The van der Waals surface area contributed by atoms with Crippen LogP contribution < -0.4 is 10.6 Å². The van der Waals surface area contributed by atoms with Crippen LogP contribution in [0, 0.1) is 0 Å². The molecule has 2 atom stereocenters. The molecule has 10 heteroatoms. The highest BCUT2D eigenvalue weighted by molar-refractivity contribution is 5.82. The van der Waals surface area contributed by atoms with Crippen LogP contribution in [0.1, 0.15) is 57.1 Å². The van der Waals surface area contributed by atoms with Crippen molar-refractivity contribution in [1.82, 2.24) is 15.5 Å². The number of nitrogens with zero attached hydrogens (tertiary/aromatic N) is 1. The maximum Gasteiger partial charge on any atom is 0.410 e. The first-order valence-corrected chi connectivity index (χ1v) is 13.1. The van der Waals surface area contributed by atoms with Crippen molar-refractivity contribution < 1.29 is 33.8 Å². The molecule has 208 valence electrons. The molecular weight excluding hydrogens is 502 g/mol. The molecule has 4 rings (SSSR count). The highest BCUT2D eigenvalue weighted by Gasteiger charge is 2.32. The predicted octanol–water partition coefficient (Wildman–Crippen LogP) is 3.88. The Labute approximate surface area is 227 Å². The average Bonchev–Trinajstić information content (AvgIpc) is 3.47. The zero-order valence-corrected chi connectivity index (χ0v) is 22.4. The van der Waals surface area contributed by atoms with Crippen LogP contribution in [0.4, 0.5) is 9.59 Å². The van der Waals surface area contributed by atoms with Gasteiger partial charge in [-0.25, -0.2) is 14.4 Å². The van der Waals surface area contributed by atoms with E-state index in [9.17, 15) is 24.3 Å². The second kappa shape index (κ2) is 11.8. The second-order valence-corrected chi connectivity index (χ2v) is 10.9. The number of rotatable bonds is 8. The normalized spacial score (nSPS) is 17.1. The molecule has 1 aliphatic carbocycles. The van der Waals surface area contributed by atoms with Crippen LogP contribution in [-0.4, -0.2) is 71.5 Å². The van der Waals surface area contributed by atoms with E-state index in [2.05, 4.69) is 10.6 Å². The van der Waals surface area contributed by atoms with Gasteiger partial charge in [-0.05, 0) is 55.9 Å². The number of carboxylic acids is 1. The Morgan fingerprint density at radius 2 is 1.64 bits per heavy atom. The van der Waals surface area contributed by atoms with E-state index >= 15 is 0 Å². The maximum absolute atomic E-state index is 12.5. The number of hydrogen-bond donors (Lipinski definition) is 3. The fourth-order valence-electron chi connectivity index (χ4n) is 4.99. The zero-order valence-electron chi connectivity index (χ0n) is 22.4. The summed E-state index contributed by atoms with van der Waals surface area (Å²) in [7, 11) is 0. The van der Waals surface area contributed by atoms with Gasteiger partial charge >= 0.3 is 18.2 Å². The summed E-state index contributed by atoms with van der Waals surface area (Å²) < 4.78 is 10.8. The molecule has 0 saturated carbocycles. The Balaban J connectivity index is 1.24. The molecule has 0 radical (unpaired) electrons. The smallest absolute Gasteiger partial charge is 0.410 e. The summed E-state index contributed by atoms with van der Waals surface area (Å²) in [5, 5.41) is 14.8. The summed E-state index contributed by atoms with van der Waals surface area (Å²) in [6, 6.07) is 14.3. The number of carbonyl (C=O) groups excluding carboxylic acids is 3. The van der Waals surface area contributed by atoms with Gasteiger partial charge < -0.3 is 30.1 Å². The van der Waals surface area contributed by atoms with Crippen LogP contribution >= 0.6 is 0 Å². The summed E-state index contributed by atoms with van der Waals surface area (Å²) in [6.45, 7) is 6.20. The molecule has 1 fully saturated rings. The van der Waals surface area contributed by atoms with Gasteiger partial charge in [0.1, 0.15) is 18.2 Å². The van der Waals surface area contributed by atoms with Crippen molar-refractivity contribution >= 4 is 24.1 Å². The standard InChI is InChI=1S/C29H35N3O7/c1-29(2,3)39-28(37)32-15-14-18(16-32)30-25(33)13-12-24(26(34)35)31-27(36)38-17-23-21-10-6-4-8-19(21)20-9-5-7-11-22(20)23/h4-11,18,23-24H,12-17H2,1-3H3,(H,30,33)(H,31,36)(H,34,35)/t18-,24-/m0/s1. The topological polar surface area (TPSA) is 134 Å². The lowest BCUT2D eigenvalue weighted by Crippen LogP contribution is -2.43. The summed E-state index contributed by atoms with van der Waals surface area (Å²) in [4.78, 5) is 50.5. The molecule has 2 aromatic rings. The zero-order chi connectivity index (χ0) is 28.2. The van der Waals surface area contributed by atoms with Gasteiger partial charge in [0.25, 0.3) is 0 Å². The van der Waals surface area contributed by atoms with Gasteiger partial charge in [-0.3, -0.25) is 4.79 Å². The number of amides is 3. The Bertz CT molecular complexity index is 1190. The van der Waals surface area contributed by atoms with Crippen LogP contribution in [0.15, 0.2) is 48.5 Å². The average molecular weight is 538 g/mol. The van der Waals surface area contributed by atoms with Crippen LogP contribution in [0.3, 0.4) is 0 Å². The molecule has 1 saturated heterocycles. The van der Waals surface area contributed by atoms with Crippen LogP contribution in [-0.2, 0) is 19.1 Å². The van der Waals surface area contributed by atoms with E-state index in [1.165, 1.54) is 4.90 Å². The first kappa shape index (κ1) is 27.9. The van der Waals surface area contributed by atoms with Crippen molar-refractivity contribution in [3.05, 3.63) is 59.7 Å². The third-order valence-electron chi connectivity index (χ3n) is 6.80. The number of carboxylic acid groups (broad SMARTS) is 1. The van der Waals surface area contributed by atoms with Crippen LogP contribution in [0.25, 0.3) is 11.1 Å². The highest BCUT2D eigenvalue weighted by Crippen LogP contribution is 2.44. The van der Waals surface area contributed by atoms with E-state index in [0.717, 1.165) is 22.3 Å². The Hall–Kier alpha value is -4.08. The summed E-state index contributed by atoms with van der Waals surface area (Å²) >= 11 is 0. The minimum Gasteiger partial charge on any atom is -0.480 e. The molecule has 2 aliphatic rings. The number of aliphatic carboxylic acids is 1. The number of carbonyl (C=O) groups is 4. The SMILES string of the molecule is CC(C)(C)OC(=O)N1CC[C@H](NC(=O)CC[C@H](NC(=O)OCC2c3ccccc3-c3ccccc32)C(=O)O)C1. The van der Waals surface area contributed by atoms with E-state index in [0.29, 0.717) is 19.5 Å². The largest absolute Gasteiger partial charge is 0.480 e. The van der Waals surface area contributed by atoms with Gasteiger partial charge in [-0.2, -0.15) is 0 Å². The number of alkyl carbamates (subject to hydrolysis) is 1. The fourth-order valence-corrected chi connectivity index (χ4v) is 4.99. The van der Waals surface area contributed by atoms with E-state index in [-0.39, 0.29) is 37.3 Å². The molecule has 39 heavy (non-hydrogen) atoms. The number of likely N-dealkylation sites (tertiary alicyclic amines) is 1. The summed E-state index contributed by atoms with van der Waals surface area (Å²) in [5.74, 6) is -1.76.